The first-order valence-electron chi connectivity index (χ1n) is 18.2. The lowest BCUT2D eigenvalue weighted by atomic mass is 9.73. The van der Waals surface area contributed by atoms with Gasteiger partial charge in [-0.1, -0.05) is 141 Å². The summed E-state index contributed by atoms with van der Waals surface area (Å²) < 4.78 is 14.0. The van der Waals surface area contributed by atoms with E-state index in [1.165, 1.54) is 27.8 Å². The van der Waals surface area contributed by atoms with Gasteiger partial charge in [0.1, 0.15) is 5.58 Å². The zero-order valence-corrected chi connectivity index (χ0v) is 29.4. The van der Waals surface area contributed by atoms with Crippen LogP contribution in [-0.4, -0.2) is 0 Å². The summed E-state index contributed by atoms with van der Waals surface area (Å²) in [5.74, 6) is 1.64. The third-order valence-electron chi connectivity index (χ3n) is 11.2. The number of ether oxygens (including phenoxy) is 1. The minimum absolute atomic E-state index is 0.276. The Balaban J connectivity index is 1.21. The fourth-order valence-corrected chi connectivity index (χ4v) is 8.67. The first kappa shape index (κ1) is 29.9. The number of nitrogens with zero attached hydrogens (tertiary/aromatic N) is 2. The molecule has 2 aliphatic heterocycles. The van der Waals surface area contributed by atoms with E-state index in [4.69, 9.17) is 9.15 Å². The van der Waals surface area contributed by atoms with Crippen molar-refractivity contribution in [2.75, 3.05) is 9.80 Å². The number of anilines is 6. The molecule has 2 aliphatic rings. The van der Waals surface area contributed by atoms with Crippen molar-refractivity contribution in [3.8, 4) is 22.6 Å². The number of furan rings is 1. The SMILES string of the molecule is CC1(C)c2ccccc2N2c3c1ccc(N(c1ccc(-c4ccccc4)cc1)c1cccc4c1oc1ccccc14)c3Oc1ccc3ccccc3c12. The largest absolute Gasteiger partial charge is 0.454 e. The Morgan fingerprint density at radius 1 is 0.509 bits per heavy atom. The van der Waals surface area contributed by atoms with Crippen LogP contribution in [0.3, 0.4) is 0 Å². The van der Waals surface area contributed by atoms with Crippen molar-refractivity contribution in [3.63, 3.8) is 0 Å². The molecular formula is C49H34N2O2. The van der Waals surface area contributed by atoms with E-state index in [-0.39, 0.29) is 5.41 Å². The monoisotopic (exact) mass is 682 g/mol. The molecular weight excluding hydrogens is 649 g/mol. The summed E-state index contributed by atoms with van der Waals surface area (Å²) in [6.45, 7) is 4.65. The van der Waals surface area contributed by atoms with E-state index < -0.39 is 0 Å². The van der Waals surface area contributed by atoms with Crippen LogP contribution in [0, 0.1) is 0 Å². The molecule has 0 unspecified atom stereocenters. The van der Waals surface area contributed by atoms with E-state index in [1.54, 1.807) is 0 Å². The van der Waals surface area contributed by atoms with Gasteiger partial charge in [0, 0.05) is 27.3 Å². The molecule has 4 heteroatoms. The molecule has 0 amide bonds. The van der Waals surface area contributed by atoms with Crippen LogP contribution < -0.4 is 14.5 Å². The van der Waals surface area contributed by atoms with Crippen molar-refractivity contribution in [2.24, 2.45) is 0 Å². The lowest BCUT2D eigenvalue weighted by Crippen LogP contribution is -2.33. The van der Waals surface area contributed by atoms with Gasteiger partial charge in [0.2, 0.25) is 0 Å². The second-order valence-electron chi connectivity index (χ2n) is 14.5. The normalized spacial score (nSPS) is 13.7. The van der Waals surface area contributed by atoms with E-state index in [0.717, 1.165) is 72.8 Å². The minimum atomic E-state index is -0.276. The van der Waals surface area contributed by atoms with Crippen molar-refractivity contribution in [1.82, 2.24) is 0 Å². The van der Waals surface area contributed by atoms with Gasteiger partial charge in [-0.3, -0.25) is 0 Å². The number of para-hydroxylation sites is 3. The molecule has 11 rings (SSSR count). The lowest BCUT2D eigenvalue weighted by molar-refractivity contribution is 0.473. The maximum absolute atomic E-state index is 7.25. The highest BCUT2D eigenvalue weighted by Gasteiger charge is 2.43. The number of benzene rings is 8. The molecule has 8 aromatic carbocycles. The third-order valence-corrected chi connectivity index (χ3v) is 11.2. The molecule has 9 aromatic rings. The predicted molar refractivity (Wildman–Crippen MR) is 218 cm³/mol. The Bertz CT molecular complexity index is 2910. The number of rotatable bonds is 4. The van der Waals surface area contributed by atoms with Crippen molar-refractivity contribution < 1.29 is 9.15 Å². The Kier molecular flexibility index (Phi) is 6.27. The molecule has 252 valence electrons. The summed E-state index contributed by atoms with van der Waals surface area (Å²) in [6.07, 6.45) is 0. The molecule has 0 saturated heterocycles. The van der Waals surface area contributed by atoms with E-state index in [0.29, 0.717) is 0 Å². The fraction of sp³-hybridized carbons (Fsp3) is 0.0612. The molecule has 0 fully saturated rings. The summed E-state index contributed by atoms with van der Waals surface area (Å²) in [6, 6.07) is 60.3. The zero-order chi connectivity index (χ0) is 35.3. The summed E-state index contributed by atoms with van der Waals surface area (Å²) in [7, 11) is 0. The Hall–Kier alpha value is -6.78. The smallest absolute Gasteiger partial charge is 0.175 e. The molecule has 0 aliphatic carbocycles. The molecule has 1 aromatic heterocycles. The minimum Gasteiger partial charge on any atom is -0.454 e. The third kappa shape index (κ3) is 4.30. The molecule has 0 N–H and O–H groups in total. The predicted octanol–water partition coefficient (Wildman–Crippen LogP) is 14.1. The molecule has 3 heterocycles. The number of hydrogen-bond acceptors (Lipinski definition) is 4. The van der Waals surface area contributed by atoms with Crippen LogP contribution in [0.2, 0.25) is 0 Å². The van der Waals surface area contributed by atoms with E-state index in [2.05, 4.69) is 181 Å². The van der Waals surface area contributed by atoms with Crippen LogP contribution in [0.15, 0.2) is 174 Å². The summed E-state index contributed by atoms with van der Waals surface area (Å²) in [5, 5.41) is 4.50. The second kappa shape index (κ2) is 11.1. The highest BCUT2D eigenvalue weighted by Crippen LogP contribution is 2.64. The number of hydrogen-bond donors (Lipinski definition) is 0. The summed E-state index contributed by atoms with van der Waals surface area (Å²) in [5.41, 5.74) is 12.4. The highest BCUT2D eigenvalue weighted by molar-refractivity contribution is 6.12. The summed E-state index contributed by atoms with van der Waals surface area (Å²) >= 11 is 0. The van der Waals surface area contributed by atoms with Crippen molar-refractivity contribution in [3.05, 3.63) is 181 Å². The molecule has 0 atom stereocenters. The summed E-state index contributed by atoms with van der Waals surface area (Å²) in [4.78, 5) is 4.77. The van der Waals surface area contributed by atoms with Crippen LogP contribution in [0.5, 0.6) is 11.5 Å². The Morgan fingerprint density at radius 2 is 1.23 bits per heavy atom. The van der Waals surface area contributed by atoms with Crippen LogP contribution in [0.1, 0.15) is 25.0 Å². The van der Waals surface area contributed by atoms with Gasteiger partial charge >= 0.3 is 0 Å². The number of fused-ring (bicyclic) bond motifs is 9. The van der Waals surface area contributed by atoms with Gasteiger partial charge in [-0.25, -0.2) is 0 Å². The lowest BCUT2D eigenvalue weighted by Gasteiger charge is -2.46. The topological polar surface area (TPSA) is 28.9 Å². The van der Waals surface area contributed by atoms with Crippen LogP contribution >= 0.6 is 0 Å². The molecule has 0 saturated carbocycles. The van der Waals surface area contributed by atoms with Gasteiger partial charge in [-0.2, -0.15) is 0 Å². The Morgan fingerprint density at radius 3 is 2.09 bits per heavy atom. The standard InChI is InChI=1S/C49H34N2O2/c1-49(2)38-19-9-10-20-40(38)51-45-35-16-7-6-15-33(35)25-30-44(45)53-48-42(29-28-39(49)46(48)51)50(34-26-23-32(24-27-34)31-13-4-3-5-14-31)41-21-12-18-37-36-17-8-11-22-43(36)52-47(37)41/h3-30H,1-2H3. The van der Waals surface area contributed by atoms with E-state index in [1.807, 2.05) is 12.1 Å². The molecule has 0 spiro atoms. The maximum Gasteiger partial charge on any atom is 0.175 e. The molecule has 0 radical (unpaired) electrons. The van der Waals surface area contributed by atoms with Crippen LogP contribution in [0.25, 0.3) is 43.8 Å². The molecule has 0 bridgehead atoms. The van der Waals surface area contributed by atoms with E-state index >= 15 is 0 Å². The van der Waals surface area contributed by atoms with Crippen molar-refractivity contribution >= 4 is 66.8 Å². The van der Waals surface area contributed by atoms with Gasteiger partial charge in [-0.15, -0.1) is 0 Å². The van der Waals surface area contributed by atoms with Gasteiger partial charge < -0.3 is 19.0 Å². The van der Waals surface area contributed by atoms with Crippen molar-refractivity contribution in [2.45, 2.75) is 19.3 Å². The highest BCUT2D eigenvalue weighted by atomic mass is 16.5. The van der Waals surface area contributed by atoms with Gasteiger partial charge in [0.05, 0.1) is 28.4 Å². The van der Waals surface area contributed by atoms with Gasteiger partial charge in [-0.05, 0) is 70.1 Å². The Labute approximate surface area is 307 Å². The zero-order valence-electron chi connectivity index (χ0n) is 29.4. The van der Waals surface area contributed by atoms with Gasteiger partial charge in [0.25, 0.3) is 0 Å². The van der Waals surface area contributed by atoms with Crippen LogP contribution in [-0.2, 0) is 5.41 Å². The average molecular weight is 683 g/mol. The van der Waals surface area contributed by atoms with Crippen LogP contribution in [0.4, 0.5) is 34.1 Å². The first-order valence-corrected chi connectivity index (χ1v) is 18.2. The van der Waals surface area contributed by atoms with E-state index in [9.17, 15) is 0 Å². The fourth-order valence-electron chi connectivity index (χ4n) is 8.67. The second-order valence-corrected chi connectivity index (χ2v) is 14.5. The molecule has 4 nitrogen and oxygen atoms in total. The van der Waals surface area contributed by atoms with Gasteiger partial charge in [0.15, 0.2) is 17.1 Å². The van der Waals surface area contributed by atoms with Crippen molar-refractivity contribution in [1.29, 1.82) is 0 Å². The quantitative estimate of drug-likeness (QED) is 0.185. The molecule has 53 heavy (non-hydrogen) atoms. The first-order chi connectivity index (χ1) is 26.1. The average Bonchev–Trinajstić information content (AvgIpc) is 3.60. The maximum atomic E-state index is 7.25.